The molecular weight excluding hydrogens is 376 g/mol. The van der Waals surface area contributed by atoms with Crippen LogP contribution >= 0.6 is 0 Å². The molecule has 0 atom stereocenters. The minimum absolute atomic E-state index is 0.0232. The Morgan fingerprint density at radius 3 is 1.79 bits per heavy atom. The number of carbonyl (C=O) groups is 4. The first-order valence-corrected chi connectivity index (χ1v) is 9.13. The summed E-state index contributed by atoms with van der Waals surface area (Å²) in [7, 11) is 0. The summed E-state index contributed by atoms with van der Waals surface area (Å²) in [4.78, 5) is 45.7. The van der Waals surface area contributed by atoms with Gasteiger partial charge in [-0.15, -0.1) is 0 Å². The molecule has 0 aromatic rings. The number of carboxylic acids is 1. The number of amides is 3. The molecule has 160 valence electrons. The lowest BCUT2D eigenvalue weighted by atomic mass is 10.4. The second kappa shape index (κ2) is 14.9. The maximum Gasteiger partial charge on any atom is 0.305 e. The van der Waals surface area contributed by atoms with E-state index in [0.717, 1.165) is 4.90 Å². The lowest BCUT2D eigenvalue weighted by Gasteiger charge is -2.13. The summed E-state index contributed by atoms with van der Waals surface area (Å²) in [5.41, 5.74) is 0. The second-order valence-corrected chi connectivity index (χ2v) is 5.82. The van der Waals surface area contributed by atoms with E-state index in [9.17, 15) is 19.2 Å². The van der Waals surface area contributed by atoms with Crippen LogP contribution in [0.3, 0.4) is 0 Å². The number of aliphatic carboxylic acids is 1. The summed E-state index contributed by atoms with van der Waals surface area (Å²) in [6.07, 6.45) is 0.312. The van der Waals surface area contributed by atoms with E-state index in [1.54, 1.807) is 0 Å². The highest BCUT2D eigenvalue weighted by Gasteiger charge is 2.30. The van der Waals surface area contributed by atoms with Crippen molar-refractivity contribution in [2.45, 2.75) is 19.3 Å². The molecule has 3 amide bonds. The molecule has 0 aromatic heterocycles. The molecule has 0 radical (unpaired) electrons. The lowest BCUT2D eigenvalue weighted by Crippen LogP contribution is -2.40. The van der Waals surface area contributed by atoms with Crippen LogP contribution in [0.5, 0.6) is 0 Å². The smallest absolute Gasteiger partial charge is 0.305 e. The number of nitrogens with zero attached hydrogens (tertiary/aromatic N) is 1. The number of carbonyl (C=O) groups excluding carboxylic acids is 3. The lowest BCUT2D eigenvalue weighted by molar-refractivity contribution is -0.142. The molecule has 1 heterocycles. The van der Waals surface area contributed by atoms with Crippen molar-refractivity contribution in [3.8, 4) is 0 Å². The van der Waals surface area contributed by atoms with Crippen molar-refractivity contribution in [1.82, 2.24) is 10.2 Å². The minimum atomic E-state index is -0.894. The minimum Gasteiger partial charge on any atom is -0.481 e. The largest absolute Gasteiger partial charge is 0.481 e. The van der Waals surface area contributed by atoms with Crippen molar-refractivity contribution in [2.24, 2.45) is 0 Å². The quantitative estimate of drug-likeness (QED) is 0.226. The Kier molecular flexibility index (Phi) is 12.8. The summed E-state index contributed by atoms with van der Waals surface area (Å²) in [5, 5.41) is 11.0. The number of carboxylic acid groups (broad SMARTS) is 1. The topological polar surface area (TPSA) is 141 Å². The molecule has 1 saturated heterocycles. The molecule has 2 N–H and O–H groups in total. The molecule has 0 unspecified atom stereocenters. The van der Waals surface area contributed by atoms with Gasteiger partial charge in [-0.05, 0) is 0 Å². The van der Waals surface area contributed by atoms with E-state index < -0.39 is 11.9 Å². The number of imide groups is 1. The Balaban J connectivity index is 1.80. The number of hydrogen-bond acceptors (Lipinski definition) is 8. The van der Waals surface area contributed by atoms with Gasteiger partial charge in [0, 0.05) is 19.4 Å². The molecule has 1 aliphatic heterocycles. The van der Waals surface area contributed by atoms with Gasteiger partial charge in [0.05, 0.1) is 59.3 Å². The number of likely N-dealkylation sites (tertiary alicyclic amines) is 1. The Morgan fingerprint density at radius 2 is 1.29 bits per heavy atom. The van der Waals surface area contributed by atoms with Crippen molar-refractivity contribution in [2.75, 3.05) is 65.9 Å². The molecule has 1 fully saturated rings. The van der Waals surface area contributed by atoms with Crippen LogP contribution in [0.15, 0.2) is 0 Å². The molecular formula is C17H28N2O9. The predicted octanol–water partition coefficient (Wildman–Crippen LogP) is -1.21. The highest BCUT2D eigenvalue weighted by atomic mass is 16.6. The van der Waals surface area contributed by atoms with Gasteiger partial charge in [0.1, 0.15) is 6.54 Å². The summed E-state index contributed by atoms with van der Waals surface area (Å²) in [5.74, 6) is -1.92. The van der Waals surface area contributed by atoms with Gasteiger partial charge < -0.3 is 29.4 Å². The first kappa shape index (κ1) is 24.0. The molecule has 11 heteroatoms. The molecule has 0 saturated carbocycles. The van der Waals surface area contributed by atoms with Crippen molar-refractivity contribution >= 4 is 23.7 Å². The molecule has 0 aromatic carbocycles. The van der Waals surface area contributed by atoms with Gasteiger partial charge in [-0.2, -0.15) is 0 Å². The fraction of sp³-hybridized carbons (Fsp3) is 0.765. The summed E-state index contributed by atoms with van der Waals surface area (Å²) < 4.78 is 20.9. The molecule has 0 spiro atoms. The van der Waals surface area contributed by atoms with E-state index in [4.69, 9.17) is 24.1 Å². The van der Waals surface area contributed by atoms with Gasteiger partial charge in [-0.3, -0.25) is 24.1 Å². The van der Waals surface area contributed by atoms with Crippen molar-refractivity contribution in [3.05, 3.63) is 0 Å². The van der Waals surface area contributed by atoms with E-state index in [1.165, 1.54) is 0 Å². The van der Waals surface area contributed by atoms with Crippen molar-refractivity contribution in [1.29, 1.82) is 0 Å². The van der Waals surface area contributed by atoms with Crippen LogP contribution in [0, 0.1) is 0 Å². The standard InChI is InChI=1S/C17H28N2O9/c20-14(13-19-15(21)1-2-16(19)22)18-4-6-26-8-10-28-12-11-27-9-7-25-5-3-17(23)24/h1-13H2,(H,18,20)(H,23,24). The van der Waals surface area contributed by atoms with Gasteiger partial charge in [0.2, 0.25) is 17.7 Å². The third kappa shape index (κ3) is 11.6. The average molecular weight is 404 g/mol. The van der Waals surface area contributed by atoms with Gasteiger partial charge in [0.15, 0.2) is 0 Å². The zero-order chi connectivity index (χ0) is 20.6. The van der Waals surface area contributed by atoms with Crippen molar-refractivity contribution in [3.63, 3.8) is 0 Å². The predicted molar refractivity (Wildman–Crippen MR) is 94.5 cm³/mol. The molecule has 28 heavy (non-hydrogen) atoms. The maximum atomic E-state index is 11.7. The van der Waals surface area contributed by atoms with Crippen LogP contribution in [0.1, 0.15) is 19.3 Å². The van der Waals surface area contributed by atoms with Crippen LogP contribution in [0.4, 0.5) is 0 Å². The third-order valence-electron chi connectivity index (χ3n) is 3.60. The average Bonchev–Trinajstić information content (AvgIpc) is 2.96. The molecule has 0 aliphatic carbocycles. The summed E-state index contributed by atoms with van der Waals surface area (Å²) in [6, 6.07) is 0. The Hall–Kier alpha value is -2.08. The summed E-state index contributed by atoms with van der Waals surface area (Å²) in [6.45, 7) is 2.73. The third-order valence-corrected chi connectivity index (χ3v) is 3.60. The van der Waals surface area contributed by atoms with Crippen LogP contribution < -0.4 is 5.32 Å². The van der Waals surface area contributed by atoms with Gasteiger partial charge in [-0.1, -0.05) is 0 Å². The van der Waals surface area contributed by atoms with E-state index in [1.807, 2.05) is 0 Å². The Bertz CT molecular complexity index is 497. The highest BCUT2D eigenvalue weighted by Crippen LogP contribution is 2.10. The zero-order valence-electron chi connectivity index (χ0n) is 15.9. The fourth-order valence-electron chi connectivity index (χ4n) is 2.18. The number of nitrogens with one attached hydrogen (secondary N) is 1. The van der Waals surface area contributed by atoms with E-state index in [-0.39, 0.29) is 50.8 Å². The molecule has 1 aliphatic rings. The highest BCUT2D eigenvalue weighted by molar-refractivity contribution is 6.04. The van der Waals surface area contributed by atoms with E-state index in [0.29, 0.717) is 46.2 Å². The maximum absolute atomic E-state index is 11.7. The van der Waals surface area contributed by atoms with Crippen molar-refractivity contribution < 1.29 is 43.2 Å². The van der Waals surface area contributed by atoms with Crippen LogP contribution in [0.25, 0.3) is 0 Å². The van der Waals surface area contributed by atoms with Gasteiger partial charge in [0.25, 0.3) is 0 Å². The normalized spacial score (nSPS) is 13.9. The number of ether oxygens (including phenoxy) is 4. The first-order valence-electron chi connectivity index (χ1n) is 9.13. The van der Waals surface area contributed by atoms with Crippen LogP contribution in [0.2, 0.25) is 0 Å². The number of rotatable bonds is 17. The van der Waals surface area contributed by atoms with E-state index in [2.05, 4.69) is 5.32 Å². The van der Waals surface area contributed by atoms with Gasteiger partial charge in [-0.25, -0.2) is 0 Å². The fourth-order valence-corrected chi connectivity index (χ4v) is 2.18. The molecule has 0 bridgehead atoms. The van der Waals surface area contributed by atoms with Crippen LogP contribution in [-0.4, -0.2) is 99.6 Å². The van der Waals surface area contributed by atoms with E-state index >= 15 is 0 Å². The van der Waals surface area contributed by atoms with Gasteiger partial charge >= 0.3 is 5.97 Å². The number of hydrogen-bond donors (Lipinski definition) is 2. The Labute approximate surface area is 163 Å². The van der Waals surface area contributed by atoms with Crippen LogP contribution in [-0.2, 0) is 38.1 Å². The summed E-state index contributed by atoms with van der Waals surface area (Å²) >= 11 is 0. The zero-order valence-corrected chi connectivity index (χ0v) is 15.9. The first-order chi connectivity index (χ1) is 13.5. The molecule has 11 nitrogen and oxygen atoms in total. The Morgan fingerprint density at radius 1 is 0.821 bits per heavy atom. The molecule has 1 rings (SSSR count). The SMILES string of the molecule is O=C(O)CCOCCOCCOCCOCCNC(=O)CN1C(=O)CCC1=O. The monoisotopic (exact) mass is 404 g/mol. The second-order valence-electron chi connectivity index (χ2n) is 5.82.